The van der Waals surface area contributed by atoms with E-state index in [-0.39, 0.29) is 0 Å². The predicted octanol–water partition coefficient (Wildman–Crippen LogP) is 4.05. The maximum atomic E-state index is 4.61. The van der Waals surface area contributed by atoms with Crippen LogP contribution in [0.1, 0.15) is 39.5 Å². The van der Waals surface area contributed by atoms with Gasteiger partial charge in [-0.2, -0.15) is 4.98 Å². The highest BCUT2D eigenvalue weighted by molar-refractivity contribution is 5.89. The molecule has 0 radical (unpaired) electrons. The summed E-state index contributed by atoms with van der Waals surface area (Å²) < 4.78 is 0. The van der Waals surface area contributed by atoms with Crippen molar-refractivity contribution in [1.29, 1.82) is 0 Å². The molecule has 108 valence electrons. The molecule has 0 aliphatic heterocycles. The summed E-state index contributed by atoms with van der Waals surface area (Å²) in [5, 5.41) is 7.82. The Kier molecular flexibility index (Phi) is 5.59. The van der Waals surface area contributed by atoms with Crippen molar-refractivity contribution >= 4 is 22.7 Å². The zero-order chi connectivity index (χ0) is 14.2. The van der Waals surface area contributed by atoms with Gasteiger partial charge in [-0.3, -0.25) is 0 Å². The van der Waals surface area contributed by atoms with E-state index in [9.17, 15) is 0 Å². The molecule has 4 heteroatoms. The molecule has 0 spiro atoms. The van der Waals surface area contributed by atoms with E-state index in [2.05, 4.69) is 40.5 Å². The summed E-state index contributed by atoms with van der Waals surface area (Å²) in [4.78, 5) is 9.18. The van der Waals surface area contributed by atoms with Crippen LogP contribution >= 0.6 is 0 Å². The second-order valence-electron chi connectivity index (χ2n) is 4.97. The van der Waals surface area contributed by atoms with Crippen molar-refractivity contribution < 1.29 is 0 Å². The van der Waals surface area contributed by atoms with E-state index in [1.807, 2.05) is 18.2 Å². The summed E-state index contributed by atoms with van der Waals surface area (Å²) in [6.07, 6.45) is 4.63. The van der Waals surface area contributed by atoms with Crippen LogP contribution < -0.4 is 10.6 Å². The van der Waals surface area contributed by atoms with Crippen LogP contribution in [0.25, 0.3) is 10.9 Å². The number of anilines is 2. The van der Waals surface area contributed by atoms with Gasteiger partial charge in [0.05, 0.1) is 5.52 Å². The van der Waals surface area contributed by atoms with Crippen LogP contribution in [-0.2, 0) is 0 Å². The topological polar surface area (TPSA) is 49.8 Å². The molecule has 1 aromatic heterocycles. The second kappa shape index (κ2) is 7.68. The van der Waals surface area contributed by atoms with Gasteiger partial charge in [0.2, 0.25) is 5.95 Å². The van der Waals surface area contributed by atoms with Gasteiger partial charge < -0.3 is 10.6 Å². The summed E-state index contributed by atoms with van der Waals surface area (Å²) in [5.74, 6) is 1.65. The number of benzene rings is 1. The van der Waals surface area contributed by atoms with Crippen LogP contribution in [0.2, 0.25) is 0 Å². The smallest absolute Gasteiger partial charge is 0.225 e. The maximum absolute atomic E-state index is 4.61. The zero-order valence-electron chi connectivity index (χ0n) is 12.4. The molecule has 0 unspecified atom stereocenters. The van der Waals surface area contributed by atoms with Gasteiger partial charge in [0.1, 0.15) is 5.82 Å². The molecule has 4 nitrogen and oxygen atoms in total. The first-order valence-corrected chi connectivity index (χ1v) is 7.59. The van der Waals surface area contributed by atoms with Crippen molar-refractivity contribution in [2.24, 2.45) is 0 Å². The monoisotopic (exact) mass is 272 g/mol. The molecule has 0 bridgehead atoms. The summed E-state index contributed by atoms with van der Waals surface area (Å²) in [6, 6.07) is 8.15. The Morgan fingerprint density at radius 2 is 1.60 bits per heavy atom. The van der Waals surface area contributed by atoms with Crippen LogP contribution in [0, 0.1) is 0 Å². The Balaban J connectivity index is 2.21. The number of hydrogen-bond donors (Lipinski definition) is 2. The fourth-order valence-electron chi connectivity index (χ4n) is 2.05. The van der Waals surface area contributed by atoms with E-state index in [1.165, 1.54) is 12.8 Å². The maximum Gasteiger partial charge on any atom is 0.225 e. The quantitative estimate of drug-likeness (QED) is 0.712. The first-order valence-electron chi connectivity index (χ1n) is 7.59. The molecule has 0 saturated carbocycles. The summed E-state index contributed by atoms with van der Waals surface area (Å²) in [5.41, 5.74) is 0.987. The van der Waals surface area contributed by atoms with Crippen molar-refractivity contribution in [3.63, 3.8) is 0 Å². The molecule has 2 rings (SSSR count). The van der Waals surface area contributed by atoms with Crippen LogP contribution in [0.5, 0.6) is 0 Å². The van der Waals surface area contributed by atoms with Crippen molar-refractivity contribution in [3.05, 3.63) is 24.3 Å². The van der Waals surface area contributed by atoms with E-state index in [0.717, 1.165) is 48.6 Å². The average molecular weight is 272 g/mol. The van der Waals surface area contributed by atoms with E-state index in [1.54, 1.807) is 0 Å². The zero-order valence-corrected chi connectivity index (χ0v) is 12.4. The molecule has 0 fully saturated rings. The number of nitrogens with zero attached hydrogens (tertiary/aromatic N) is 2. The van der Waals surface area contributed by atoms with Crippen molar-refractivity contribution in [3.8, 4) is 0 Å². The third-order valence-electron chi connectivity index (χ3n) is 3.24. The molecule has 0 aliphatic carbocycles. The van der Waals surface area contributed by atoms with Crippen molar-refractivity contribution in [2.45, 2.75) is 39.5 Å². The van der Waals surface area contributed by atoms with E-state index in [4.69, 9.17) is 0 Å². The second-order valence-corrected chi connectivity index (χ2v) is 4.97. The Bertz CT molecular complexity index is 539. The summed E-state index contributed by atoms with van der Waals surface area (Å²) in [7, 11) is 0. The minimum absolute atomic E-state index is 0.719. The Morgan fingerprint density at radius 1 is 0.900 bits per heavy atom. The average Bonchev–Trinajstić information content (AvgIpc) is 2.48. The van der Waals surface area contributed by atoms with Gasteiger partial charge in [0.25, 0.3) is 0 Å². The highest BCUT2D eigenvalue weighted by Gasteiger charge is 2.06. The number of fused-ring (bicyclic) bond motifs is 1. The van der Waals surface area contributed by atoms with E-state index in [0.29, 0.717) is 0 Å². The minimum Gasteiger partial charge on any atom is -0.369 e. The molecular formula is C16H24N4. The van der Waals surface area contributed by atoms with Gasteiger partial charge in [-0.05, 0) is 25.0 Å². The number of aromatic nitrogens is 2. The fourth-order valence-corrected chi connectivity index (χ4v) is 2.05. The van der Waals surface area contributed by atoms with Crippen molar-refractivity contribution in [2.75, 3.05) is 23.7 Å². The standard InChI is InChI=1S/C16H24N4/c1-3-5-11-17-15-13-9-7-8-10-14(13)19-16(20-15)18-12-6-4-2/h7-10H,3-6,11-12H2,1-2H3,(H2,17,18,19,20). The molecule has 0 atom stereocenters. The third kappa shape index (κ3) is 3.83. The van der Waals surface area contributed by atoms with Gasteiger partial charge in [-0.25, -0.2) is 4.98 Å². The lowest BCUT2D eigenvalue weighted by Gasteiger charge is -2.11. The van der Waals surface area contributed by atoms with E-state index >= 15 is 0 Å². The van der Waals surface area contributed by atoms with Crippen LogP contribution in [0.3, 0.4) is 0 Å². The fraction of sp³-hybridized carbons (Fsp3) is 0.500. The van der Waals surface area contributed by atoms with Crippen LogP contribution in [0.15, 0.2) is 24.3 Å². The lowest BCUT2D eigenvalue weighted by molar-refractivity contribution is 0.823. The SMILES string of the molecule is CCCCNc1nc(NCCCC)c2ccccc2n1. The molecule has 1 heterocycles. The van der Waals surface area contributed by atoms with Crippen molar-refractivity contribution in [1.82, 2.24) is 9.97 Å². The van der Waals surface area contributed by atoms with Gasteiger partial charge in [-0.15, -0.1) is 0 Å². The summed E-state index contributed by atoms with van der Waals surface area (Å²) >= 11 is 0. The Hall–Kier alpha value is -1.84. The first kappa shape index (κ1) is 14.6. The highest BCUT2D eigenvalue weighted by atomic mass is 15.1. The normalized spacial score (nSPS) is 10.7. The number of nitrogens with one attached hydrogen (secondary N) is 2. The third-order valence-corrected chi connectivity index (χ3v) is 3.24. The number of para-hydroxylation sites is 1. The number of unbranched alkanes of at least 4 members (excludes halogenated alkanes) is 2. The molecule has 0 amide bonds. The van der Waals surface area contributed by atoms with E-state index < -0.39 is 0 Å². The largest absolute Gasteiger partial charge is 0.369 e. The highest BCUT2D eigenvalue weighted by Crippen LogP contribution is 2.21. The van der Waals surface area contributed by atoms with Crippen LogP contribution in [0.4, 0.5) is 11.8 Å². The van der Waals surface area contributed by atoms with Gasteiger partial charge in [0.15, 0.2) is 0 Å². The first-order chi connectivity index (χ1) is 9.85. The predicted molar refractivity (Wildman–Crippen MR) is 86.3 cm³/mol. The Morgan fingerprint density at radius 3 is 2.35 bits per heavy atom. The lowest BCUT2D eigenvalue weighted by Crippen LogP contribution is -2.09. The van der Waals surface area contributed by atoms with Gasteiger partial charge >= 0.3 is 0 Å². The molecule has 0 saturated heterocycles. The molecular weight excluding hydrogens is 248 g/mol. The molecule has 20 heavy (non-hydrogen) atoms. The summed E-state index contributed by atoms with van der Waals surface area (Å²) in [6.45, 7) is 6.24. The van der Waals surface area contributed by atoms with Crippen LogP contribution in [-0.4, -0.2) is 23.1 Å². The molecule has 2 aromatic rings. The molecule has 0 aliphatic rings. The van der Waals surface area contributed by atoms with Gasteiger partial charge in [-0.1, -0.05) is 38.8 Å². The Labute approximate surface area is 121 Å². The number of rotatable bonds is 8. The minimum atomic E-state index is 0.719. The molecule has 1 aromatic carbocycles. The van der Waals surface area contributed by atoms with Gasteiger partial charge in [0, 0.05) is 18.5 Å². The molecule has 2 N–H and O–H groups in total. The number of hydrogen-bond acceptors (Lipinski definition) is 4. The lowest BCUT2D eigenvalue weighted by atomic mass is 10.2.